The zero-order valence-corrected chi connectivity index (χ0v) is 9.48. The largest absolute Gasteiger partial charge is 0.390 e. The Labute approximate surface area is 98.5 Å². The van der Waals surface area contributed by atoms with E-state index in [4.69, 9.17) is 11.3 Å². The molecule has 1 rings (SSSR count). The van der Waals surface area contributed by atoms with Crippen molar-refractivity contribution in [1.29, 1.82) is 0 Å². The molecule has 7 heteroatoms. The van der Waals surface area contributed by atoms with Crippen LogP contribution in [0.3, 0.4) is 0 Å². The first kappa shape index (κ1) is 13.2. The van der Waals surface area contributed by atoms with Gasteiger partial charge in [-0.05, 0) is 30.5 Å². The second kappa shape index (κ2) is 6.05. The molecule has 0 aliphatic carbocycles. The maximum atomic E-state index is 9.84. The van der Waals surface area contributed by atoms with E-state index in [1.807, 2.05) is 0 Å². The number of hydrogen-bond donors (Lipinski definition) is 3. The molecule has 17 heavy (non-hydrogen) atoms. The number of aryl methyl sites for hydroxylation is 1. The van der Waals surface area contributed by atoms with Crippen molar-refractivity contribution < 1.29 is 10.2 Å². The summed E-state index contributed by atoms with van der Waals surface area (Å²) in [4.78, 5) is 6.47. The quantitative estimate of drug-likeness (QED) is 0.402. The van der Waals surface area contributed by atoms with E-state index in [9.17, 15) is 10.2 Å². The summed E-state index contributed by atoms with van der Waals surface area (Å²) in [5, 5.41) is 22.8. The highest BCUT2D eigenvalue weighted by molar-refractivity contribution is 5.40. The molecule has 0 saturated heterocycles. The van der Waals surface area contributed by atoms with Crippen molar-refractivity contribution in [2.45, 2.75) is 25.6 Å². The van der Waals surface area contributed by atoms with Gasteiger partial charge in [-0.1, -0.05) is 5.11 Å². The number of rotatable bonds is 5. The second-order valence-electron chi connectivity index (χ2n) is 3.73. The smallest absolute Gasteiger partial charge is 0.126 e. The molecule has 2 atom stereocenters. The minimum atomic E-state index is -1.06. The molecular weight excluding hydrogens is 222 g/mol. The van der Waals surface area contributed by atoms with Crippen LogP contribution >= 0.6 is 0 Å². The van der Waals surface area contributed by atoms with Gasteiger partial charge >= 0.3 is 0 Å². The Morgan fingerprint density at radius 1 is 1.59 bits per heavy atom. The van der Waals surface area contributed by atoms with Crippen LogP contribution in [0.15, 0.2) is 17.4 Å². The van der Waals surface area contributed by atoms with Crippen molar-refractivity contribution in [2.24, 2.45) is 5.11 Å². The van der Waals surface area contributed by atoms with Gasteiger partial charge in [0.1, 0.15) is 11.9 Å². The van der Waals surface area contributed by atoms with Gasteiger partial charge in [0.25, 0.3) is 0 Å². The molecule has 0 radical (unpaired) electrons. The van der Waals surface area contributed by atoms with Gasteiger partial charge in [0.2, 0.25) is 0 Å². The van der Waals surface area contributed by atoms with E-state index in [0.717, 1.165) is 5.56 Å². The lowest BCUT2D eigenvalue weighted by molar-refractivity contribution is 0.0148. The number of aliphatic hydroxyl groups is 2. The summed E-state index contributed by atoms with van der Waals surface area (Å²) in [6, 6.07) is 1.67. The molecule has 1 heterocycles. The van der Waals surface area contributed by atoms with Crippen LogP contribution in [-0.2, 0) is 0 Å². The minimum absolute atomic E-state index is 0.135. The lowest BCUT2D eigenvalue weighted by Gasteiger charge is -2.17. The number of nitrogen functional groups attached to an aromatic ring is 1. The van der Waals surface area contributed by atoms with Crippen LogP contribution in [0.1, 0.15) is 23.7 Å². The van der Waals surface area contributed by atoms with E-state index in [1.165, 1.54) is 6.20 Å². The fraction of sp³-hybridized carbons (Fsp3) is 0.500. The monoisotopic (exact) mass is 237 g/mol. The number of aromatic nitrogens is 1. The highest BCUT2D eigenvalue weighted by atomic mass is 16.3. The molecule has 1 aromatic heterocycles. The number of azide groups is 1. The van der Waals surface area contributed by atoms with E-state index in [-0.39, 0.29) is 13.0 Å². The van der Waals surface area contributed by atoms with Gasteiger partial charge in [0, 0.05) is 23.2 Å². The van der Waals surface area contributed by atoms with Gasteiger partial charge in [0.15, 0.2) is 0 Å². The normalized spacial score (nSPS) is 13.8. The molecular formula is C10H15N5O2. The van der Waals surface area contributed by atoms with Crippen LogP contribution in [0.4, 0.5) is 5.82 Å². The van der Waals surface area contributed by atoms with Crippen LogP contribution in [0, 0.1) is 6.92 Å². The third kappa shape index (κ3) is 3.60. The van der Waals surface area contributed by atoms with Crippen molar-refractivity contribution in [3.8, 4) is 0 Å². The molecule has 92 valence electrons. The molecule has 2 unspecified atom stereocenters. The first-order chi connectivity index (χ1) is 8.06. The molecule has 0 fully saturated rings. The molecule has 0 aromatic carbocycles. The van der Waals surface area contributed by atoms with Gasteiger partial charge in [-0.15, -0.1) is 0 Å². The van der Waals surface area contributed by atoms with E-state index >= 15 is 0 Å². The van der Waals surface area contributed by atoms with Gasteiger partial charge in [-0.2, -0.15) is 0 Å². The van der Waals surface area contributed by atoms with Crippen molar-refractivity contribution in [3.05, 3.63) is 33.8 Å². The Morgan fingerprint density at radius 2 is 2.29 bits per heavy atom. The van der Waals surface area contributed by atoms with Crippen LogP contribution < -0.4 is 5.73 Å². The molecule has 0 bridgehead atoms. The number of nitrogens with two attached hydrogens (primary N) is 1. The summed E-state index contributed by atoms with van der Waals surface area (Å²) in [5.74, 6) is 0.393. The second-order valence-corrected chi connectivity index (χ2v) is 3.73. The van der Waals surface area contributed by atoms with Crippen molar-refractivity contribution in [2.75, 3.05) is 12.3 Å². The van der Waals surface area contributed by atoms with Crippen LogP contribution in [0.5, 0.6) is 0 Å². The summed E-state index contributed by atoms with van der Waals surface area (Å²) in [6.45, 7) is 1.90. The minimum Gasteiger partial charge on any atom is -0.390 e. The first-order valence-corrected chi connectivity index (χ1v) is 5.15. The van der Waals surface area contributed by atoms with Crippen LogP contribution in [0.2, 0.25) is 0 Å². The van der Waals surface area contributed by atoms with Gasteiger partial charge in [-0.3, -0.25) is 0 Å². The highest BCUT2D eigenvalue weighted by Crippen LogP contribution is 2.20. The Kier molecular flexibility index (Phi) is 4.71. The van der Waals surface area contributed by atoms with Crippen LogP contribution in [-0.4, -0.2) is 27.8 Å². The van der Waals surface area contributed by atoms with E-state index in [1.54, 1.807) is 13.0 Å². The molecule has 0 amide bonds. The van der Waals surface area contributed by atoms with E-state index < -0.39 is 12.2 Å². The summed E-state index contributed by atoms with van der Waals surface area (Å²) < 4.78 is 0. The number of pyridine rings is 1. The average Bonchev–Trinajstić information content (AvgIpc) is 2.32. The van der Waals surface area contributed by atoms with Gasteiger partial charge in [0.05, 0.1) is 6.10 Å². The number of hydrogen-bond acceptors (Lipinski definition) is 5. The summed E-state index contributed by atoms with van der Waals surface area (Å²) in [7, 11) is 0. The number of nitrogens with zero attached hydrogens (tertiary/aromatic N) is 4. The predicted octanol–water partition coefficient (Wildman–Crippen LogP) is 1.07. The SMILES string of the molecule is Cc1cc(C(O)C(O)CCN=[N+]=[N-])cnc1N. The number of anilines is 1. The third-order valence-corrected chi connectivity index (χ3v) is 2.43. The lowest BCUT2D eigenvalue weighted by atomic mass is 10.0. The fourth-order valence-corrected chi connectivity index (χ4v) is 1.38. The van der Waals surface area contributed by atoms with Crippen molar-refractivity contribution in [3.63, 3.8) is 0 Å². The summed E-state index contributed by atoms with van der Waals surface area (Å²) in [6.07, 6.45) is -0.445. The van der Waals surface area contributed by atoms with Crippen LogP contribution in [0.25, 0.3) is 10.4 Å². The molecule has 4 N–H and O–H groups in total. The van der Waals surface area contributed by atoms with Crippen molar-refractivity contribution >= 4 is 5.82 Å². The third-order valence-electron chi connectivity index (χ3n) is 2.43. The predicted molar refractivity (Wildman–Crippen MR) is 63.0 cm³/mol. The standard InChI is InChI=1S/C10H15N5O2/c1-6-4-7(5-13-10(6)11)9(17)8(16)2-3-14-15-12/h4-5,8-9,16-17H,2-3H2,1H3,(H2,11,13). The maximum Gasteiger partial charge on any atom is 0.126 e. The average molecular weight is 237 g/mol. The summed E-state index contributed by atoms with van der Waals surface area (Å²) in [5.41, 5.74) is 14.9. The topological polar surface area (TPSA) is 128 Å². The lowest BCUT2D eigenvalue weighted by Crippen LogP contribution is -2.19. The Balaban J connectivity index is 2.70. The molecule has 0 aliphatic heterocycles. The van der Waals surface area contributed by atoms with Crippen molar-refractivity contribution in [1.82, 2.24) is 4.98 Å². The zero-order chi connectivity index (χ0) is 12.8. The molecule has 0 saturated carbocycles. The van der Waals surface area contributed by atoms with E-state index in [0.29, 0.717) is 11.4 Å². The van der Waals surface area contributed by atoms with E-state index in [2.05, 4.69) is 15.0 Å². The Morgan fingerprint density at radius 3 is 2.88 bits per heavy atom. The molecule has 0 aliphatic rings. The Bertz CT molecular complexity index is 431. The summed E-state index contributed by atoms with van der Waals surface area (Å²) >= 11 is 0. The van der Waals surface area contributed by atoms with Gasteiger partial charge in [-0.25, -0.2) is 4.98 Å². The zero-order valence-electron chi connectivity index (χ0n) is 9.48. The Hall–Kier alpha value is -1.82. The first-order valence-electron chi connectivity index (χ1n) is 5.15. The molecule has 1 aromatic rings. The van der Waals surface area contributed by atoms with Gasteiger partial charge < -0.3 is 15.9 Å². The highest BCUT2D eigenvalue weighted by Gasteiger charge is 2.18. The maximum absolute atomic E-state index is 9.84. The number of aliphatic hydroxyl groups excluding tert-OH is 2. The molecule has 0 spiro atoms. The fourth-order valence-electron chi connectivity index (χ4n) is 1.38. The molecule has 7 nitrogen and oxygen atoms in total.